The minimum atomic E-state index is -0.876. The number of rotatable bonds is 7. The fraction of sp³-hybridized carbons (Fsp3) is 0.562. The number of hydrogen-bond donors (Lipinski definition) is 2. The van der Waals surface area contributed by atoms with E-state index in [1.807, 2.05) is 0 Å². The first-order valence-corrected chi connectivity index (χ1v) is 6.99. The first kappa shape index (κ1) is 16.5. The summed E-state index contributed by atoms with van der Waals surface area (Å²) in [5.74, 6) is 0.980. The Kier molecular flexibility index (Phi) is 6.02. The third-order valence-corrected chi connectivity index (χ3v) is 3.22. The van der Waals surface area contributed by atoms with E-state index < -0.39 is 5.60 Å². The zero-order valence-electron chi connectivity index (χ0n) is 12.8. The van der Waals surface area contributed by atoms with Crippen LogP contribution in [0.3, 0.4) is 0 Å². The van der Waals surface area contributed by atoms with Crippen molar-refractivity contribution in [1.82, 2.24) is 5.32 Å². The van der Waals surface area contributed by atoms with Crippen molar-refractivity contribution in [3.63, 3.8) is 0 Å². The highest BCUT2D eigenvalue weighted by Crippen LogP contribution is 2.16. The molecule has 4 heteroatoms. The van der Waals surface area contributed by atoms with E-state index >= 15 is 0 Å². The first-order valence-electron chi connectivity index (χ1n) is 6.99. The van der Waals surface area contributed by atoms with Crippen molar-refractivity contribution in [1.29, 1.82) is 0 Å². The Balaban J connectivity index is 2.53. The summed E-state index contributed by atoms with van der Waals surface area (Å²) in [7, 11) is 1.56. The third kappa shape index (κ3) is 5.61. The van der Waals surface area contributed by atoms with Crippen LogP contribution in [0.1, 0.15) is 44.0 Å². The molecule has 0 radical (unpaired) electrons. The molecule has 1 unspecified atom stereocenters. The summed E-state index contributed by atoms with van der Waals surface area (Å²) in [6.45, 7) is 6.23. The molecule has 20 heavy (non-hydrogen) atoms. The van der Waals surface area contributed by atoms with E-state index in [0.717, 1.165) is 6.42 Å². The molecule has 0 saturated heterocycles. The molecule has 1 aromatic rings. The van der Waals surface area contributed by atoms with Crippen molar-refractivity contribution in [2.75, 3.05) is 13.7 Å². The zero-order valence-corrected chi connectivity index (χ0v) is 12.8. The van der Waals surface area contributed by atoms with Gasteiger partial charge in [-0.3, -0.25) is 4.79 Å². The van der Waals surface area contributed by atoms with Crippen molar-refractivity contribution in [3.05, 3.63) is 29.8 Å². The molecule has 1 aromatic carbocycles. The first-order chi connectivity index (χ1) is 9.34. The highest BCUT2D eigenvalue weighted by Gasteiger charge is 2.21. The van der Waals surface area contributed by atoms with Crippen molar-refractivity contribution in [2.24, 2.45) is 5.92 Å². The molecule has 1 rings (SSSR count). The van der Waals surface area contributed by atoms with Crippen molar-refractivity contribution in [3.8, 4) is 5.75 Å². The normalized spacial score (nSPS) is 13.9. The molecule has 1 atom stereocenters. The van der Waals surface area contributed by atoms with Gasteiger partial charge in [-0.05, 0) is 43.9 Å². The number of nitrogens with one attached hydrogen (secondary N) is 1. The quantitative estimate of drug-likeness (QED) is 0.806. The molecule has 0 fully saturated rings. The molecule has 0 spiro atoms. The Bertz CT molecular complexity index is 441. The second kappa shape index (κ2) is 7.29. The zero-order chi connectivity index (χ0) is 15.2. The predicted octanol–water partition coefficient (Wildman–Crippen LogP) is 2.61. The number of carbonyl (C=O) groups excluding carboxylic acids is 1. The maximum absolute atomic E-state index is 12.0. The van der Waals surface area contributed by atoms with Gasteiger partial charge in [-0.25, -0.2) is 0 Å². The van der Waals surface area contributed by atoms with Crippen LogP contribution in [0.15, 0.2) is 24.3 Å². The summed E-state index contributed by atoms with van der Waals surface area (Å²) in [5.41, 5.74) is -0.345. The Morgan fingerprint density at radius 1 is 1.45 bits per heavy atom. The van der Waals surface area contributed by atoms with Crippen LogP contribution in [0, 0.1) is 5.92 Å². The molecule has 2 N–H and O–H groups in total. The van der Waals surface area contributed by atoms with E-state index in [1.54, 1.807) is 38.3 Å². The molecule has 0 aliphatic carbocycles. The van der Waals surface area contributed by atoms with E-state index in [4.69, 9.17) is 4.74 Å². The lowest BCUT2D eigenvalue weighted by atomic mass is 9.95. The number of aliphatic hydroxyl groups is 1. The second-order valence-electron chi connectivity index (χ2n) is 5.84. The van der Waals surface area contributed by atoms with Crippen molar-refractivity contribution in [2.45, 2.75) is 39.2 Å². The van der Waals surface area contributed by atoms with Gasteiger partial charge < -0.3 is 15.2 Å². The van der Waals surface area contributed by atoms with Crippen LogP contribution in [0.25, 0.3) is 0 Å². The summed E-state index contributed by atoms with van der Waals surface area (Å²) >= 11 is 0. The van der Waals surface area contributed by atoms with Gasteiger partial charge in [0.05, 0.1) is 12.7 Å². The largest absolute Gasteiger partial charge is 0.497 e. The molecular formula is C16H25NO3. The number of hydrogen-bond acceptors (Lipinski definition) is 3. The highest BCUT2D eigenvalue weighted by molar-refractivity contribution is 5.94. The topological polar surface area (TPSA) is 58.6 Å². The van der Waals surface area contributed by atoms with E-state index in [9.17, 15) is 9.90 Å². The molecule has 112 valence electrons. The summed E-state index contributed by atoms with van der Waals surface area (Å²) in [6, 6.07) is 6.96. The van der Waals surface area contributed by atoms with Gasteiger partial charge in [0.15, 0.2) is 0 Å². The molecule has 1 amide bonds. The Labute approximate surface area is 121 Å². The van der Waals surface area contributed by atoms with E-state index in [2.05, 4.69) is 19.2 Å². The van der Waals surface area contributed by atoms with E-state index in [0.29, 0.717) is 23.7 Å². The molecular weight excluding hydrogens is 254 g/mol. The maximum Gasteiger partial charge on any atom is 0.251 e. The van der Waals surface area contributed by atoms with Gasteiger partial charge >= 0.3 is 0 Å². The molecule has 0 aliphatic heterocycles. The fourth-order valence-electron chi connectivity index (χ4n) is 1.83. The van der Waals surface area contributed by atoms with Crippen LogP contribution in [0.4, 0.5) is 0 Å². The van der Waals surface area contributed by atoms with Crippen LogP contribution in [0.2, 0.25) is 0 Å². The summed E-state index contributed by atoms with van der Waals surface area (Å²) in [5, 5.41) is 13.0. The van der Waals surface area contributed by atoms with E-state index in [1.165, 1.54) is 0 Å². The van der Waals surface area contributed by atoms with Gasteiger partial charge in [-0.1, -0.05) is 19.9 Å². The van der Waals surface area contributed by atoms with Crippen molar-refractivity contribution >= 4 is 5.91 Å². The predicted molar refractivity (Wildman–Crippen MR) is 80.0 cm³/mol. The molecule has 0 heterocycles. The van der Waals surface area contributed by atoms with Crippen LogP contribution < -0.4 is 10.1 Å². The number of benzene rings is 1. The lowest BCUT2D eigenvalue weighted by molar-refractivity contribution is 0.0429. The molecule has 0 bridgehead atoms. The highest BCUT2D eigenvalue weighted by atomic mass is 16.5. The van der Waals surface area contributed by atoms with E-state index in [-0.39, 0.29) is 12.5 Å². The number of ether oxygens (including phenoxy) is 1. The van der Waals surface area contributed by atoms with Gasteiger partial charge in [0.25, 0.3) is 5.91 Å². The second-order valence-corrected chi connectivity index (χ2v) is 5.84. The van der Waals surface area contributed by atoms with Gasteiger partial charge in [0.2, 0.25) is 0 Å². The Hall–Kier alpha value is -1.55. The summed E-state index contributed by atoms with van der Waals surface area (Å²) in [4.78, 5) is 12.0. The van der Waals surface area contributed by atoms with Gasteiger partial charge in [-0.15, -0.1) is 0 Å². The fourth-order valence-corrected chi connectivity index (χ4v) is 1.83. The van der Waals surface area contributed by atoms with Gasteiger partial charge in [-0.2, -0.15) is 0 Å². The molecule has 0 saturated carbocycles. The van der Waals surface area contributed by atoms with Crippen LogP contribution in [-0.4, -0.2) is 30.3 Å². The lowest BCUT2D eigenvalue weighted by Gasteiger charge is -2.24. The minimum Gasteiger partial charge on any atom is -0.497 e. The average molecular weight is 279 g/mol. The summed E-state index contributed by atoms with van der Waals surface area (Å²) in [6.07, 6.45) is 1.60. The molecule has 4 nitrogen and oxygen atoms in total. The average Bonchev–Trinajstić information content (AvgIpc) is 2.43. The van der Waals surface area contributed by atoms with Crippen LogP contribution in [-0.2, 0) is 0 Å². The van der Waals surface area contributed by atoms with Gasteiger partial charge in [0.1, 0.15) is 5.75 Å². The monoisotopic (exact) mass is 279 g/mol. The summed E-state index contributed by atoms with van der Waals surface area (Å²) < 4.78 is 5.09. The Morgan fingerprint density at radius 2 is 2.15 bits per heavy atom. The minimum absolute atomic E-state index is 0.200. The third-order valence-electron chi connectivity index (χ3n) is 3.22. The number of methoxy groups -OCH3 is 1. The SMILES string of the molecule is COc1cccc(C(=O)NCC(C)(O)CCC(C)C)c1. The van der Waals surface area contributed by atoms with Gasteiger partial charge in [0, 0.05) is 12.1 Å². The standard InChI is InChI=1S/C16H25NO3/c1-12(2)8-9-16(3,19)11-17-15(18)13-6-5-7-14(10-13)20-4/h5-7,10,12,19H,8-9,11H2,1-4H3,(H,17,18). The number of amides is 1. The van der Waals surface area contributed by atoms with Crippen LogP contribution in [0.5, 0.6) is 5.75 Å². The van der Waals surface area contributed by atoms with Crippen LogP contribution >= 0.6 is 0 Å². The number of carbonyl (C=O) groups is 1. The molecule has 0 aromatic heterocycles. The lowest BCUT2D eigenvalue weighted by Crippen LogP contribution is -2.40. The smallest absolute Gasteiger partial charge is 0.251 e. The maximum atomic E-state index is 12.0. The Morgan fingerprint density at radius 3 is 2.75 bits per heavy atom. The molecule has 0 aliphatic rings. The van der Waals surface area contributed by atoms with Crippen molar-refractivity contribution < 1.29 is 14.6 Å².